The van der Waals surface area contributed by atoms with Crippen molar-refractivity contribution < 1.29 is 17.9 Å². The number of aryl methyl sites for hydroxylation is 1. The molecule has 0 saturated heterocycles. The van der Waals surface area contributed by atoms with Gasteiger partial charge in [-0.2, -0.15) is 13.2 Å². The minimum atomic E-state index is -4.49. The van der Waals surface area contributed by atoms with Crippen molar-refractivity contribution in [3.63, 3.8) is 0 Å². The zero-order valence-electron chi connectivity index (χ0n) is 11.2. The lowest BCUT2D eigenvalue weighted by molar-refractivity contribution is -0.138. The molecule has 2 rings (SSSR count). The van der Waals surface area contributed by atoms with Crippen LogP contribution in [0.2, 0.25) is 0 Å². The van der Waals surface area contributed by atoms with E-state index in [9.17, 15) is 13.2 Å². The number of benzene rings is 2. The first-order valence-corrected chi connectivity index (χ1v) is 7.03. The summed E-state index contributed by atoms with van der Waals surface area (Å²) in [5.74, 6) is -0.0800. The molecule has 0 amide bonds. The molecule has 0 fully saturated rings. The molecule has 0 radical (unpaired) electrons. The number of anilines is 1. The van der Waals surface area contributed by atoms with Crippen LogP contribution in [0.25, 0.3) is 0 Å². The number of nitrogens with two attached hydrogens (primary N) is 1. The third-order valence-corrected chi connectivity index (χ3v) is 3.44. The summed E-state index contributed by atoms with van der Waals surface area (Å²) in [5, 5.41) is 0. The minimum Gasteiger partial charge on any atom is -0.455 e. The number of hydrogen-bond acceptors (Lipinski definition) is 2. The zero-order valence-corrected chi connectivity index (χ0v) is 12.8. The molecule has 6 heteroatoms. The highest BCUT2D eigenvalue weighted by atomic mass is 79.9. The second-order valence-corrected chi connectivity index (χ2v) is 5.38. The van der Waals surface area contributed by atoms with E-state index in [4.69, 9.17) is 10.5 Å². The summed E-state index contributed by atoms with van der Waals surface area (Å²) in [6.45, 7) is 1.96. The lowest BCUT2D eigenvalue weighted by atomic mass is 10.1. The fraction of sp³-hybridized carbons (Fsp3) is 0.200. The van der Waals surface area contributed by atoms with Gasteiger partial charge >= 0.3 is 6.18 Å². The lowest BCUT2D eigenvalue weighted by Crippen LogP contribution is -2.07. The van der Waals surface area contributed by atoms with Gasteiger partial charge in [-0.15, -0.1) is 0 Å². The van der Waals surface area contributed by atoms with E-state index in [1.807, 2.05) is 6.92 Å². The van der Waals surface area contributed by atoms with Crippen molar-refractivity contribution in [2.45, 2.75) is 19.5 Å². The van der Waals surface area contributed by atoms with Gasteiger partial charge in [0.2, 0.25) is 0 Å². The summed E-state index contributed by atoms with van der Waals surface area (Å²) in [6.07, 6.45) is -3.71. The molecule has 0 aromatic heterocycles. The van der Waals surface area contributed by atoms with E-state index in [0.717, 1.165) is 18.1 Å². The van der Waals surface area contributed by atoms with E-state index >= 15 is 0 Å². The maximum absolute atomic E-state index is 13.0. The van der Waals surface area contributed by atoms with Gasteiger partial charge in [-0.1, -0.05) is 28.9 Å². The average Bonchev–Trinajstić information content (AvgIpc) is 2.39. The third kappa shape index (κ3) is 3.69. The van der Waals surface area contributed by atoms with Crippen molar-refractivity contribution in [3.8, 4) is 11.5 Å². The summed E-state index contributed by atoms with van der Waals surface area (Å²) in [5.41, 5.74) is 6.28. The van der Waals surface area contributed by atoms with Crippen LogP contribution >= 0.6 is 15.9 Å². The van der Waals surface area contributed by atoms with Crippen molar-refractivity contribution in [2.75, 3.05) is 5.73 Å². The summed E-state index contributed by atoms with van der Waals surface area (Å²) >= 11 is 3.14. The van der Waals surface area contributed by atoms with Gasteiger partial charge < -0.3 is 10.5 Å². The number of rotatable bonds is 3. The molecule has 2 aromatic carbocycles. The highest BCUT2D eigenvalue weighted by molar-refractivity contribution is 9.10. The predicted octanol–water partition coefficient (Wildman–Crippen LogP) is 5.40. The molecule has 0 saturated carbocycles. The number of alkyl halides is 3. The predicted molar refractivity (Wildman–Crippen MR) is 79.5 cm³/mol. The van der Waals surface area contributed by atoms with Gasteiger partial charge in [0.25, 0.3) is 0 Å². The van der Waals surface area contributed by atoms with Crippen molar-refractivity contribution in [2.24, 2.45) is 0 Å². The first kappa shape index (κ1) is 15.7. The maximum Gasteiger partial charge on any atom is 0.419 e. The van der Waals surface area contributed by atoms with Gasteiger partial charge in [0, 0.05) is 4.47 Å². The highest BCUT2D eigenvalue weighted by Gasteiger charge is 2.34. The molecule has 0 aliphatic carbocycles. The van der Waals surface area contributed by atoms with Crippen LogP contribution < -0.4 is 10.5 Å². The van der Waals surface area contributed by atoms with Crippen molar-refractivity contribution in [3.05, 3.63) is 52.0 Å². The topological polar surface area (TPSA) is 35.2 Å². The summed E-state index contributed by atoms with van der Waals surface area (Å²) in [7, 11) is 0. The summed E-state index contributed by atoms with van der Waals surface area (Å²) in [4.78, 5) is 0. The van der Waals surface area contributed by atoms with Crippen LogP contribution in [-0.4, -0.2) is 0 Å². The molecule has 0 atom stereocenters. The minimum absolute atomic E-state index is 0.204. The van der Waals surface area contributed by atoms with Crippen LogP contribution in [0.15, 0.2) is 40.9 Å². The molecule has 2 N–H and O–H groups in total. The Labute approximate surface area is 128 Å². The monoisotopic (exact) mass is 359 g/mol. The summed E-state index contributed by atoms with van der Waals surface area (Å²) < 4.78 is 44.8. The molecule has 0 unspecified atom stereocenters. The molecular formula is C15H13BrF3NO. The van der Waals surface area contributed by atoms with Crippen LogP contribution in [0.3, 0.4) is 0 Å². The number of hydrogen-bond donors (Lipinski definition) is 1. The molecule has 0 aliphatic rings. The number of nitrogen functional groups attached to an aromatic ring is 1. The van der Waals surface area contributed by atoms with Crippen LogP contribution in [-0.2, 0) is 12.6 Å². The Bertz CT molecular complexity index is 656. The van der Waals surface area contributed by atoms with E-state index in [2.05, 4.69) is 15.9 Å². The SMILES string of the molecule is CCc1ccc(Oc2cc(Br)ccc2C(F)(F)F)c(N)c1. The molecular weight excluding hydrogens is 347 g/mol. The summed E-state index contributed by atoms with van der Waals surface area (Å²) in [6, 6.07) is 8.61. The second-order valence-electron chi connectivity index (χ2n) is 4.47. The Morgan fingerprint density at radius 1 is 1.10 bits per heavy atom. The molecule has 2 aromatic rings. The maximum atomic E-state index is 13.0. The van der Waals surface area contributed by atoms with E-state index in [1.54, 1.807) is 18.2 Å². The number of halogens is 4. The molecule has 0 aliphatic heterocycles. The molecule has 2 nitrogen and oxygen atoms in total. The van der Waals surface area contributed by atoms with Gasteiger partial charge in [0.05, 0.1) is 11.3 Å². The fourth-order valence-electron chi connectivity index (χ4n) is 1.84. The molecule has 21 heavy (non-hydrogen) atoms. The quantitative estimate of drug-likeness (QED) is 0.744. The van der Waals surface area contributed by atoms with Crippen LogP contribution in [0, 0.1) is 0 Å². The fourth-order valence-corrected chi connectivity index (χ4v) is 2.18. The van der Waals surface area contributed by atoms with Crippen molar-refractivity contribution >= 4 is 21.6 Å². The van der Waals surface area contributed by atoms with E-state index in [0.29, 0.717) is 10.2 Å². The first-order chi connectivity index (χ1) is 9.81. The van der Waals surface area contributed by atoms with E-state index < -0.39 is 11.7 Å². The Kier molecular flexibility index (Phi) is 4.46. The van der Waals surface area contributed by atoms with Gasteiger partial charge in [0.1, 0.15) is 11.5 Å². The molecule has 0 bridgehead atoms. The van der Waals surface area contributed by atoms with Gasteiger partial charge in [0.15, 0.2) is 0 Å². The number of ether oxygens (including phenoxy) is 1. The molecule has 0 spiro atoms. The van der Waals surface area contributed by atoms with Crippen LogP contribution in [0.5, 0.6) is 11.5 Å². The standard InChI is InChI=1S/C15H13BrF3NO/c1-2-9-3-6-13(12(20)7-9)21-14-8-10(16)4-5-11(14)15(17,18)19/h3-8H,2,20H2,1H3. The second kappa shape index (κ2) is 5.97. The zero-order chi connectivity index (χ0) is 15.6. The Balaban J connectivity index is 2.41. The smallest absolute Gasteiger partial charge is 0.419 e. The molecule has 112 valence electrons. The third-order valence-electron chi connectivity index (χ3n) is 2.95. The first-order valence-electron chi connectivity index (χ1n) is 6.24. The lowest BCUT2D eigenvalue weighted by Gasteiger charge is -2.15. The largest absolute Gasteiger partial charge is 0.455 e. The Morgan fingerprint density at radius 2 is 1.81 bits per heavy atom. The van der Waals surface area contributed by atoms with E-state index in [1.165, 1.54) is 12.1 Å². The highest BCUT2D eigenvalue weighted by Crippen LogP contribution is 2.40. The average molecular weight is 360 g/mol. The van der Waals surface area contributed by atoms with Gasteiger partial charge in [-0.3, -0.25) is 0 Å². The Hall–Kier alpha value is -1.69. The normalized spacial score (nSPS) is 11.5. The van der Waals surface area contributed by atoms with Gasteiger partial charge in [-0.05, 0) is 42.3 Å². The van der Waals surface area contributed by atoms with Gasteiger partial charge in [-0.25, -0.2) is 0 Å². The van der Waals surface area contributed by atoms with Crippen molar-refractivity contribution in [1.29, 1.82) is 0 Å². The van der Waals surface area contributed by atoms with E-state index in [-0.39, 0.29) is 11.5 Å². The van der Waals surface area contributed by atoms with Crippen molar-refractivity contribution in [1.82, 2.24) is 0 Å². The van der Waals surface area contributed by atoms with Crippen LogP contribution in [0.4, 0.5) is 18.9 Å². The Morgan fingerprint density at radius 3 is 2.38 bits per heavy atom. The molecule has 0 heterocycles. The van der Waals surface area contributed by atoms with Crippen LogP contribution in [0.1, 0.15) is 18.1 Å².